The summed E-state index contributed by atoms with van der Waals surface area (Å²) in [6, 6.07) is 0.321. The van der Waals surface area contributed by atoms with Crippen molar-refractivity contribution >= 4 is 15.7 Å². The summed E-state index contributed by atoms with van der Waals surface area (Å²) in [5.74, 6) is 0.889. The Kier molecular flexibility index (Phi) is 2.69. The van der Waals surface area contributed by atoms with Crippen molar-refractivity contribution < 1.29 is 13.2 Å². The maximum Gasteiger partial charge on any atom is 0.226 e. The lowest BCUT2D eigenvalue weighted by Crippen LogP contribution is -2.47. The molecule has 0 N–H and O–H groups in total. The van der Waals surface area contributed by atoms with E-state index in [0.717, 1.165) is 32.1 Å². The van der Waals surface area contributed by atoms with Crippen LogP contribution in [0.3, 0.4) is 0 Å². The van der Waals surface area contributed by atoms with Crippen molar-refractivity contribution in [3.63, 3.8) is 0 Å². The molecule has 0 aromatic heterocycles. The summed E-state index contributed by atoms with van der Waals surface area (Å²) in [5.41, 5.74) is 0. The first-order valence-corrected chi connectivity index (χ1v) is 8.41. The smallest absolute Gasteiger partial charge is 0.226 e. The summed E-state index contributed by atoms with van der Waals surface area (Å²) in [7, 11) is -2.89. The summed E-state index contributed by atoms with van der Waals surface area (Å²) in [5, 5.41) is 0. The quantitative estimate of drug-likeness (QED) is 0.757. The SMILES string of the molecule is O=C(C1CCC1)N(C1CC1)C1CCS(=O)(=O)C1. The van der Waals surface area contributed by atoms with Crippen molar-refractivity contribution in [3.05, 3.63) is 0 Å². The molecule has 3 fully saturated rings. The second-order valence-electron chi connectivity index (χ2n) is 5.66. The van der Waals surface area contributed by atoms with Crippen LogP contribution in [0, 0.1) is 5.92 Å². The van der Waals surface area contributed by atoms with Gasteiger partial charge in [0.25, 0.3) is 0 Å². The van der Waals surface area contributed by atoms with Gasteiger partial charge in [0, 0.05) is 18.0 Å². The predicted molar refractivity (Wildman–Crippen MR) is 64.3 cm³/mol. The lowest BCUT2D eigenvalue weighted by Gasteiger charge is -2.35. The van der Waals surface area contributed by atoms with Crippen molar-refractivity contribution in [2.45, 2.75) is 50.6 Å². The molecule has 0 aromatic carbocycles. The molecule has 3 aliphatic rings. The molecule has 96 valence electrons. The van der Waals surface area contributed by atoms with Crippen molar-refractivity contribution in [1.29, 1.82) is 0 Å². The number of hydrogen-bond donors (Lipinski definition) is 0. The standard InChI is InChI=1S/C12H19NO3S/c14-12(9-2-1-3-9)13(10-4-5-10)11-6-7-17(15,16)8-11/h9-11H,1-8H2. The van der Waals surface area contributed by atoms with Gasteiger partial charge in [0.05, 0.1) is 11.5 Å². The largest absolute Gasteiger partial charge is 0.335 e. The zero-order valence-corrected chi connectivity index (χ0v) is 10.8. The number of sulfone groups is 1. The van der Waals surface area contributed by atoms with Crippen LogP contribution in [0.25, 0.3) is 0 Å². The van der Waals surface area contributed by atoms with Crippen LogP contribution in [0.15, 0.2) is 0 Å². The van der Waals surface area contributed by atoms with Gasteiger partial charge in [-0.15, -0.1) is 0 Å². The molecule has 1 saturated heterocycles. The second-order valence-corrected chi connectivity index (χ2v) is 7.89. The lowest BCUT2D eigenvalue weighted by atomic mass is 9.84. The van der Waals surface area contributed by atoms with E-state index in [9.17, 15) is 13.2 Å². The van der Waals surface area contributed by atoms with Crippen molar-refractivity contribution in [2.75, 3.05) is 11.5 Å². The van der Waals surface area contributed by atoms with Crippen LogP contribution in [0.4, 0.5) is 0 Å². The van der Waals surface area contributed by atoms with Crippen LogP contribution in [-0.2, 0) is 14.6 Å². The molecule has 2 saturated carbocycles. The molecule has 1 atom stereocenters. The minimum absolute atomic E-state index is 0.0272. The van der Waals surface area contributed by atoms with E-state index in [4.69, 9.17) is 0 Å². The highest BCUT2D eigenvalue weighted by molar-refractivity contribution is 7.91. The minimum atomic E-state index is -2.89. The van der Waals surface area contributed by atoms with Crippen LogP contribution < -0.4 is 0 Å². The van der Waals surface area contributed by atoms with Crippen molar-refractivity contribution in [1.82, 2.24) is 4.90 Å². The summed E-state index contributed by atoms with van der Waals surface area (Å²) >= 11 is 0. The number of nitrogens with zero attached hydrogens (tertiary/aromatic N) is 1. The van der Waals surface area contributed by atoms with Gasteiger partial charge in [0.2, 0.25) is 5.91 Å². The molecule has 0 spiro atoms. The first-order valence-electron chi connectivity index (χ1n) is 6.59. The third-order valence-electron chi connectivity index (χ3n) is 4.25. The highest BCUT2D eigenvalue weighted by Gasteiger charge is 2.44. The summed E-state index contributed by atoms with van der Waals surface area (Å²) in [6.45, 7) is 0. The first-order chi connectivity index (χ1) is 8.07. The van der Waals surface area contributed by atoms with E-state index in [1.807, 2.05) is 4.90 Å². The van der Waals surface area contributed by atoms with Crippen LogP contribution in [-0.4, -0.2) is 42.8 Å². The average Bonchev–Trinajstić information content (AvgIpc) is 2.89. The molecule has 2 aliphatic carbocycles. The fourth-order valence-corrected chi connectivity index (χ4v) is 4.58. The number of carbonyl (C=O) groups is 1. The van der Waals surface area contributed by atoms with Gasteiger partial charge in [-0.05, 0) is 32.1 Å². The maximum atomic E-state index is 12.3. The van der Waals surface area contributed by atoms with Crippen LogP contribution in [0.1, 0.15) is 38.5 Å². The van der Waals surface area contributed by atoms with E-state index in [1.54, 1.807) is 0 Å². The van der Waals surface area contributed by atoms with Crippen LogP contribution in [0.5, 0.6) is 0 Å². The number of amides is 1. The Morgan fingerprint density at radius 3 is 2.12 bits per heavy atom. The molecule has 0 aromatic rings. The average molecular weight is 257 g/mol. The maximum absolute atomic E-state index is 12.3. The van der Waals surface area contributed by atoms with Gasteiger partial charge in [-0.1, -0.05) is 6.42 Å². The van der Waals surface area contributed by atoms with E-state index in [1.165, 1.54) is 0 Å². The topological polar surface area (TPSA) is 54.5 Å². The van der Waals surface area contributed by atoms with Gasteiger partial charge in [-0.25, -0.2) is 8.42 Å². The predicted octanol–water partition coefficient (Wildman–Crippen LogP) is 0.965. The molecular weight excluding hydrogens is 238 g/mol. The third-order valence-corrected chi connectivity index (χ3v) is 6.00. The van der Waals surface area contributed by atoms with Gasteiger partial charge in [0.1, 0.15) is 0 Å². The molecule has 1 aliphatic heterocycles. The Hall–Kier alpha value is -0.580. The molecule has 4 nitrogen and oxygen atoms in total. The zero-order valence-electron chi connectivity index (χ0n) is 9.97. The number of hydrogen-bond acceptors (Lipinski definition) is 3. The molecular formula is C12H19NO3S. The van der Waals surface area contributed by atoms with Crippen molar-refractivity contribution in [3.8, 4) is 0 Å². The normalized spacial score (nSPS) is 32.1. The van der Waals surface area contributed by atoms with Gasteiger partial charge < -0.3 is 4.90 Å². The highest BCUT2D eigenvalue weighted by atomic mass is 32.2. The van der Waals surface area contributed by atoms with Crippen LogP contribution in [0.2, 0.25) is 0 Å². The van der Waals surface area contributed by atoms with E-state index < -0.39 is 9.84 Å². The molecule has 1 unspecified atom stereocenters. The first kappa shape index (κ1) is 11.5. The van der Waals surface area contributed by atoms with E-state index in [-0.39, 0.29) is 29.4 Å². The summed E-state index contributed by atoms with van der Waals surface area (Å²) < 4.78 is 23.1. The fraction of sp³-hybridized carbons (Fsp3) is 0.917. The van der Waals surface area contributed by atoms with E-state index in [2.05, 4.69) is 0 Å². The number of carbonyl (C=O) groups excluding carboxylic acids is 1. The Morgan fingerprint density at radius 2 is 1.71 bits per heavy atom. The molecule has 0 bridgehead atoms. The van der Waals surface area contributed by atoms with E-state index >= 15 is 0 Å². The molecule has 1 heterocycles. The summed E-state index contributed by atoms with van der Waals surface area (Å²) in [6.07, 6.45) is 5.93. The van der Waals surface area contributed by atoms with Gasteiger partial charge in [-0.3, -0.25) is 4.79 Å². The Bertz CT molecular complexity index is 423. The monoisotopic (exact) mass is 257 g/mol. The highest BCUT2D eigenvalue weighted by Crippen LogP contribution is 2.37. The molecule has 5 heteroatoms. The van der Waals surface area contributed by atoms with Crippen molar-refractivity contribution in [2.24, 2.45) is 5.92 Å². The lowest BCUT2D eigenvalue weighted by molar-refractivity contribution is -0.140. The van der Waals surface area contributed by atoms with Gasteiger partial charge >= 0.3 is 0 Å². The van der Waals surface area contributed by atoms with Gasteiger partial charge in [0.15, 0.2) is 9.84 Å². The minimum Gasteiger partial charge on any atom is -0.335 e. The van der Waals surface area contributed by atoms with Crippen LogP contribution >= 0.6 is 0 Å². The summed E-state index contributed by atoms with van der Waals surface area (Å²) in [4.78, 5) is 14.3. The zero-order chi connectivity index (χ0) is 12.0. The molecule has 0 radical (unpaired) electrons. The fourth-order valence-electron chi connectivity index (χ4n) is 2.87. The Labute approximate surface area is 102 Å². The Morgan fingerprint density at radius 1 is 1.00 bits per heavy atom. The molecule has 17 heavy (non-hydrogen) atoms. The molecule has 3 rings (SSSR count). The molecule has 1 amide bonds. The Balaban J connectivity index is 1.74. The third kappa shape index (κ3) is 2.21. The van der Waals surface area contributed by atoms with E-state index in [0.29, 0.717) is 12.5 Å². The van der Waals surface area contributed by atoms with Gasteiger partial charge in [-0.2, -0.15) is 0 Å². The second kappa shape index (κ2) is 3.97. The number of rotatable bonds is 3.